The fourth-order valence-electron chi connectivity index (χ4n) is 3.46. The zero-order valence-corrected chi connectivity index (χ0v) is 19.0. The van der Waals surface area contributed by atoms with Crippen molar-refractivity contribution < 1.29 is 13.5 Å². The van der Waals surface area contributed by atoms with Crippen LogP contribution in [0.1, 0.15) is 25.3 Å². The lowest BCUT2D eigenvalue weighted by Crippen LogP contribution is -2.36. The quantitative estimate of drug-likeness (QED) is 0.342. The first-order valence-corrected chi connectivity index (χ1v) is 11.8. The number of anilines is 4. The lowest BCUT2D eigenvalue weighted by molar-refractivity contribution is 0.122. The first-order chi connectivity index (χ1) is 16.1. The van der Waals surface area contributed by atoms with Gasteiger partial charge in [-0.3, -0.25) is 4.98 Å². The zero-order valence-electron chi connectivity index (χ0n) is 18.2. The first-order valence-electron chi connectivity index (χ1n) is 10.8. The van der Waals surface area contributed by atoms with E-state index in [2.05, 4.69) is 33.0 Å². The van der Waals surface area contributed by atoms with Crippen molar-refractivity contribution >= 4 is 45.9 Å². The number of nitrogens with one attached hydrogen (secondary N) is 2. The number of fused-ring (bicyclic) bond motifs is 1. The molecule has 10 heteroatoms. The molecule has 33 heavy (non-hydrogen) atoms. The SMILES string of the molecule is CCCCSNc1ccc(F)c(Nc2ccc3ncc(N4CCOCC4)nc3c2C#N)c1F. The van der Waals surface area contributed by atoms with Gasteiger partial charge in [0.05, 0.1) is 36.3 Å². The molecule has 1 aliphatic rings. The number of halogens is 2. The summed E-state index contributed by atoms with van der Waals surface area (Å²) in [6.45, 7) is 4.60. The molecule has 0 amide bonds. The fourth-order valence-corrected chi connectivity index (χ4v) is 4.30. The van der Waals surface area contributed by atoms with Gasteiger partial charge in [0.25, 0.3) is 0 Å². The summed E-state index contributed by atoms with van der Waals surface area (Å²) in [4.78, 5) is 11.1. The van der Waals surface area contributed by atoms with Gasteiger partial charge in [-0.25, -0.2) is 13.8 Å². The molecule has 0 saturated carbocycles. The van der Waals surface area contributed by atoms with Crippen LogP contribution in [0.15, 0.2) is 30.5 Å². The summed E-state index contributed by atoms with van der Waals surface area (Å²) in [5.74, 6) is -0.0688. The van der Waals surface area contributed by atoms with E-state index in [0.29, 0.717) is 43.2 Å². The Morgan fingerprint density at radius 3 is 2.73 bits per heavy atom. The minimum atomic E-state index is -0.756. The molecule has 0 unspecified atom stereocenters. The Morgan fingerprint density at radius 2 is 1.97 bits per heavy atom. The molecule has 0 aliphatic carbocycles. The smallest absolute Gasteiger partial charge is 0.173 e. The molecule has 0 atom stereocenters. The van der Waals surface area contributed by atoms with Crippen LogP contribution in [-0.4, -0.2) is 42.0 Å². The van der Waals surface area contributed by atoms with Crippen LogP contribution in [0.2, 0.25) is 0 Å². The van der Waals surface area contributed by atoms with Crippen molar-refractivity contribution in [2.24, 2.45) is 0 Å². The number of hydrogen-bond acceptors (Lipinski definition) is 8. The second-order valence-corrected chi connectivity index (χ2v) is 8.41. The highest BCUT2D eigenvalue weighted by Gasteiger charge is 2.19. The molecular weight excluding hydrogens is 446 g/mol. The standard InChI is InChI=1S/C23H24F2N6OS/c1-2-3-12-33-30-18-5-4-16(24)23(21(18)25)28-17-6-7-19-22(15(17)13-26)29-20(14-27-19)31-8-10-32-11-9-31/h4-7,14,28,30H,2-3,8-12H2,1H3. The molecule has 0 bridgehead atoms. The van der Waals surface area contributed by atoms with Crippen molar-refractivity contribution in [3.05, 3.63) is 47.7 Å². The van der Waals surface area contributed by atoms with Crippen molar-refractivity contribution in [2.45, 2.75) is 19.8 Å². The molecular formula is C23H24F2N6OS. The summed E-state index contributed by atoms with van der Waals surface area (Å²) in [6.07, 6.45) is 3.68. The van der Waals surface area contributed by atoms with Gasteiger partial charge in [-0.15, -0.1) is 0 Å². The third-order valence-corrected chi connectivity index (χ3v) is 6.14. The van der Waals surface area contributed by atoms with Gasteiger partial charge in [0, 0.05) is 18.8 Å². The summed E-state index contributed by atoms with van der Waals surface area (Å²) in [5.41, 5.74) is 1.17. The van der Waals surface area contributed by atoms with Gasteiger partial charge < -0.3 is 19.7 Å². The number of hydrogen-bond donors (Lipinski definition) is 2. The molecule has 172 valence electrons. The van der Waals surface area contributed by atoms with Crippen LogP contribution in [0.4, 0.5) is 31.7 Å². The molecule has 1 saturated heterocycles. The largest absolute Gasteiger partial charge is 0.378 e. The van der Waals surface area contributed by atoms with Crippen LogP contribution in [-0.2, 0) is 4.74 Å². The molecule has 2 heterocycles. The van der Waals surface area contributed by atoms with Gasteiger partial charge in [-0.2, -0.15) is 5.26 Å². The average Bonchev–Trinajstić information content (AvgIpc) is 2.85. The third kappa shape index (κ3) is 5.10. The van der Waals surface area contributed by atoms with E-state index < -0.39 is 11.6 Å². The maximum absolute atomic E-state index is 15.1. The second-order valence-electron chi connectivity index (χ2n) is 7.51. The average molecular weight is 471 g/mol. The van der Waals surface area contributed by atoms with E-state index in [-0.39, 0.29) is 22.6 Å². The van der Waals surface area contributed by atoms with Gasteiger partial charge in [0.2, 0.25) is 0 Å². The monoisotopic (exact) mass is 470 g/mol. The Labute approximate surface area is 195 Å². The van der Waals surface area contributed by atoms with Crippen LogP contribution in [0.3, 0.4) is 0 Å². The van der Waals surface area contributed by atoms with Gasteiger partial charge in [-0.1, -0.05) is 25.3 Å². The van der Waals surface area contributed by atoms with E-state index in [1.165, 1.54) is 24.1 Å². The highest BCUT2D eigenvalue weighted by atomic mass is 32.2. The molecule has 4 rings (SSSR count). The van der Waals surface area contributed by atoms with E-state index in [0.717, 1.165) is 18.6 Å². The van der Waals surface area contributed by atoms with E-state index in [4.69, 9.17) is 4.74 Å². The molecule has 7 nitrogen and oxygen atoms in total. The van der Waals surface area contributed by atoms with E-state index in [1.807, 2.05) is 4.90 Å². The number of morpholine rings is 1. The van der Waals surface area contributed by atoms with Crippen LogP contribution >= 0.6 is 11.9 Å². The Balaban J connectivity index is 1.66. The highest BCUT2D eigenvalue weighted by Crippen LogP contribution is 2.33. The number of nitrogens with zero attached hydrogens (tertiary/aromatic N) is 4. The predicted molar refractivity (Wildman–Crippen MR) is 128 cm³/mol. The van der Waals surface area contributed by atoms with E-state index in [1.54, 1.807) is 18.3 Å². The summed E-state index contributed by atoms with van der Waals surface area (Å²) in [7, 11) is 0. The highest BCUT2D eigenvalue weighted by molar-refractivity contribution is 8.00. The lowest BCUT2D eigenvalue weighted by Gasteiger charge is -2.27. The molecule has 0 radical (unpaired) electrons. The van der Waals surface area contributed by atoms with E-state index in [9.17, 15) is 9.65 Å². The maximum atomic E-state index is 15.1. The number of ether oxygens (including phenoxy) is 1. The molecule has 0 spiro atoms. The van der Waals surface area contributed by atoms with Gasteiger partial charge >= 0.3 is 0 Å². The topological polar surface area (TPSA) is 86.1 Å². The number of rotatable bonds is 8. The second kappa shape index (κ2) is 10.6. The molecule has 1 fully saturated rings. The van der Waals surface area contributed by atoms with Crippen LogP contribution in [0, 0.1) is 23.0 Å². The molecule has 1 aliphatic heterocycles. The van der Waals surface area contributed by atoms with Crippen molar-refractivity contribution in [3.63, 3.8) is 0 Å². The molecule has 3 aromatic rings. The molecule has 2 N–H and O–H groups in total. The Bertz CT molecular complexity index is 1180. The van der Waals surface area contributed by atoms with Gasteiger partial charge in [0.15, 0.2) is 5.82 Å². The van der Waals surface area contributed by atoms with E-state index >= 15 is 4.39 Å². The number of nitriles is 1. The van der Waals surface area contributed by atoms with Crippen molar-refractivity contribution in [2.75, 3.05) is 47.0 Å². The van der Waals surface area contributed by atoms with Crippen LogP contribution in [0.5, 0.6) is 0 Å². The maximum Gasteiger partial charge on any atom is 0.173 e. The number of aromatic nitrogens is 2. The minimum absolute atomic E-state index is 0.171. The summed E-state index contributed by atoms with van der Waals surface area (Å²) >= 11 is 1.37. The summed E-state index contributed by atoms with van der Waals surface area (Å²) in [5, 5.41) is 12.6. The van der Waals surface area contributed by atoms with Crippen LogP contribution < -0.4 is 14.9 Å². The summed E-state index contributed by atoms with van der Waals surface area (Å²) < 4.78 is 37.9. The lowest BCUT2D eigenvalue weighted by atomic mass is 10.1. The summed E-state index contributed by atoms with van der Waals surface area (Å²) in [6, 6.07) is 7.93. The third-order valence-electron chi connectivity index (χ3n) is 5.28. The predicted octanol–water partition coefficient (Wildman–Crippen LogP) is 5.22. The van der Waals surface area contributed by atoms with Crippen molar-refractivity contribution in [1.82, 2.24) is 9.97 Å². The minimum Gasteiger partial charge on any atom is -0.378 e. The van der Waals surface area contributed by atoms with Crippen molar-refractivity contribution in [1.29, 1.82) is 5.26 Å². The Hall–Kier alpha value is -3.16. The molecule has 1 aromatic heterocycles. The molecule has 2 aromatic carbocycles. The van der Waals surface area contributed by atoms with Gasteiger partial charge in [0.1, 0.15) is 34.5 Å². The fraction of sp³-hybridized carbons (Fsp3) is 0.348. The Kier molecular flexibility index (Phi) is 7.42. The van der Waals surface area contributed by atoms with Crippen molar-refractivity contribution in [3.8, 4) is 6.07 Å². The van der Waals surface area contributed by atoms with Crippen LogP contribution in [0.25, 0.3) is 11.0 Å². The van der Waals surface area contributed by atoms with Gasteiger partial charge in [-0.05, 0) is 30.7 Å². The number of unbranched alkanes of at least 4 members (excludes halogenated alkanes) is 1. The Morgan fingerprint density at radius 1 is 1.18 bits per heavy atom. The normalized spacial score (nSPS) is 13.7. The first kappa shape index (κ1) is 23.0. The zero-order chi connectivity index (χ0) is 23.2. The number of benzene rings is 2.